The zero-order chi connectivity index (χ0) is 15.1. The third-order valence-corrected chi connectivity index (χ3v) is 2.47. The van der Waals surface area contributed by atoms with E-state index in [1.165, 1.54) is 18.0 Å². The van der Waals surface area contributed by atoms with Gasteiger partial charge in [-0.05, 0) is 0 Å². The van der Waals surface area contributed by atoms with E-state index in [-0.39, 0.29) is 18.8 Å². The van der Waals surface area contributed by atoms with E-state index in [1.807, 2.05) is 0 Å². The summed E-state index contributed by atoms with van der Waals surface area (Å²) in [7, 11) is 1.46. The highest BCUT2D eigenvalue weighted by Gasteiger charge is 2.17. The summed E-state index contributed by atoms with van der Waals surface area (Å²) in [6.07, 6.45) is 0. The first kappa shape index (κ1) is 15.6. The molecule has 0 saturated carbocycles. The second-order valence-corrected chi connectivity index (χ2v) is 4.02. The largest absolute Gasteiger partial charge is 0.480 e. The van der Waals surface area contributed by atoms with Crippen LogP contribution < -0.4 is 0 Å². The molecule has 8 nitrogen and oxygen atoms in total. The molecule has 1 N–H and O–H groups in total. The Morgan fingerprint density at radius 3 is 2.60 bits per heavy atom. The summed E-state index contributed by atoms with van der Waals surface area (Å²) in [5, 5.41) is 19.2. The van der Waals surface area contributed by atoms with Gasteiger partial charge in [-0.3, -0.25) is 14.9 Å². The molecular weight excluding hydrogens is 268 g/mol. The molecule has 1 amide bonds. The molecule has 0 aliphatic rings. The van der Waals surface area contributed by atoms with Gasteiger partial charge in [0.05, 0.1) is 11.5 Å². The molecule has 0 spiro atoms. The number of ether oxygens (including phenoxy) is 1. The molecule has 1 rings (SSSR count). The summed E-state index contributed by atoms with van der Waals surface area (Å²) in [6.45, 7) is -0.902. The van der Waals surface area contributed by atoms with Crippen LogP contribution in [0.4, 0.5) is 5.69 Å². The standard InChI is InChI=1S/C12H14N2O6/c1-13(11(15)7-20-8-12(16)17)6-9-4-2-3-5-10(9)14(18)19/h2-5H,6-8H2,1H3,(H,16,17). The lowest BCUT2D eigenvalue weighted by Crippen LogP contribution is -2.30. The zero-order valence-corrected chi connectivity index (χ0v) is 10.8. The highest BCUT2D eigenvalue weighted by atomic mass is 16.6. The lowest BCUT2D eigenvalue weighted by molar-refractivity contribution is -0.385. The molecule has 0 saturated heterocycles. The van der Waals surface area contributed by atoms with E-state index in [4.69, 9.17) is 5.11 Å². The Labute approximate surface area is 114 Å². The van der Waals surface area contributed by atoms with Gasteiger partial charge in [0.25, 0.3) is 5.69 Å². The van der Waals surface area contributed by atoms with Gasteiger partial charge in [-0.15, -0.1) is 0 Å². The Balaban J connectivity index is 2.61. The van der Waals surface area contributed by atoms with Crippen LogP contribution in [-0.4, -0.2) is 47.1 Å². The third-order valence-electron chi connectivity index (χ3n) is 2.47. The van der Waals surface area contributed by atoms with E-state index in [2.05, 4.69) is 4.74 Å². The molecule has 1 aromatic rings. The van der Waals surface area contributed by atoms with Crippen LogP contribution in [0.15, 0.2) is 24.3 Å². The minimum absolute atomic E-state index is 0.0480. The molecule has 0 aromatic heterocycles. The average molecular weight is 282 g/mol. The molecule has 1 aromatic carbocycles. The van der Waals surface area contributed by atoms with Crippen LogP contribution in [0.25, 0.3) is 0 Å². The summed E-state index contributed by atoms with van der Waals surface area (Å²) >= 11 is 0. The molecule has 0 aliphatic heterocycles. The first-order valence-corrected chi connectivity index (χ1v) is 5.67. The summed E-state index contributed by atoms with van der Waals surface area (Å²) in [5.41, 5.74) is 0.324. The molecule has 0 radical (unpaired) electrons. The molecule has 0 aliphatic carbocycles. The third kappa shape index (κ3) is 4.65. The second kappa shape index (κ2) is 7.19. The number of para-hydroxylation sites is 1. The van der Waals surface area contributed by atoms with Crippen molar-refractivity contribution < 1.29 is 24.4 Å². The molecule has 0 heterocycles. The number of carboxylic acid groups (broad SMARTS) is 1. The molecule has 0 unspecified atom stereocenters. The maximum absolute atomic E-state index is 11.6. The van der Waals surface area contributed by atoms with Crippen molar-refractivity contribution in [3.63, 3.8) is 0 Å². The van der Waals surface area contributed by atoms with Crippen molar-refractivity contribution in [3.05, 3.63) is 39.9 Å². The Morgan fingerprint density at radius 1 is 1.35 bits per heavy atom. The lowest BCUT2D eigenvalue weighted by Gasteiger charge is -2.17. The highest BCUT2D eigenvalue weighted by Crippen LogP contribution is 2.18. The Morgan fingerprint density at radius 2 is 2.00 bits per heavy atom. The maximum Gasteiger partial charge on any atom is 0.329 e. The number of likely N-dealkylation sites (N-methyl/N-ethyl adjacent to an activating group) is 1. The number of carbonyl (C=O) groups excluding carboxylic acids is 1. The number of nitro groups is 1. The number of nitrogens with zero attached hydrogens (tertiary/aromatic N) is 2. The van der Waals surface area contributed by atoms with E-state index < -0.39 is 23.4 Å². The van der Waals surface area contributed by atoms with Gasteiger partial charge in [-0.1, -0.05) is 18.2 Å². The SMILES string of the molecule is CN(Cc1ccccc1[N+](=O)[O-])C(=O)COCC(=O)O. The fraction of sp³-hybridized carbons (Fsp3) is 0.333. The van der Waals surface area contributed by atoms with Gasteiger partial charge < -0.3 is 14.7 Å². The van der Waals surface area contributed by atoms with Crippen LogP contribution in [0.1, 0.15) is 5.56 Å². The van der Waals surface area contributed by atoms with Crippen molar-refractivity contribution in [2.24, 2.45) is 0 Å². The lowest BCUT2D eigenvalue weighted by atomic mass is 10.1. The molecule has 0 fully saturated rings. The van der Waals surface area contributed by atoms with Gasteiger partial charge in [0, 0.05) is 18.7 Å². The normalized spacial score (nSPS) is 10.1. The topological polar surface area (TPSA) is 110 Å². The van der Waals surface area contributed by atoms with Gasteiger partial charge in [0.15, 0.2) is 0 Å². The van der Waals surface area contributed by atoms with Crippen LogP contribution in [0.2, 0.25) is 0 Å². The Bertz CT molecular complexity index is 516. The maximum atomic E-state index is 11.6. The predicted molar refractivity (Wildman–Crippen MR) is 68.0 cm³/mol. The van der Waals surface area contributed by atoms with Crippen molar-refractivity contribution in [1.82, 2.24) is 4.90 Å². The Hall–Kier alpha value is -2.48. The molecule has 0 bridgehead atoms. The smallest absolute Gasteiger partial charge is 0.329 e. The fourth-order valence-corrected chi connectivity index (χ4v) is 1.50. The minimum Gasteiger partial charge on any atom is -0.480 e. The van der Waals surface area contributed by atoms with Crippen LogP contribution in [0, 0.1) is 10.1 Å². The second-order valence-electron chi connectivity index (χ2n) is 4.02. The van der Waals surface area contributed by atoms with Crippen molar-refractivity contribution >= 4 is 17.6 Å². The van der Waals surface area contributed by atoms with Crippen LogP contribution in [0.5, 0.6) is 0 Å². The highest BCUT2D eigenvalue weighted by molar-refractivity contribution is 5.77. The predicted octanol–water partition coefficient (Wildman–Crippen LogP) is 0.654. The minimum atomic E-state index is -1.17. The van der Waals surface area contributed by atoms with E-state index in [9.17, 15) is 19.7 Å². The quantitative estimate of drug-likeness (QED) is 0.581. The van der Waals surface area contributed by atoms with Gasteiger partial charge in [-0.25, -0.2) is 4.79 Å². The van der Waals surface area contributed by atoms with E-state index >= 15 is 0 Å². The average Bonchev–Trinajstić information content (AvgIpc) is 2.38. The monoisotopic (exact) mass is 282 g/mol. The van der Waals surface area contributed by atoms with Crippen molar-refractivity contribution in [2.45, 2.75) is 6.54 Å². The molecule has 8 heteroatoms. The van der Waals surface area contributed by atoms with Crippen LogP contribution in [0.3, 0.4) is 0 Å². The number of hydrogen-bond acceptors (Lipinski definition) is 5. The number of carboxylic acids is 1. The first-order valence-electron chi connectivity index (χ1n) is 5.67. The number of rotatable bonds is 7. The summed E-state index contributed by atoms with van der Waals surface area (Å²) in [6, 6.07) is 6.09. The number of amides is 1. The van der Waals surface area contributed by atoms with Crippen molar-refractivity contribution in [3.8, 4) is 0 Å². The number of carbonyl (C=O) groups is 2. The molecule has 0 atom stereocenters. The molecular formula is C12H14N2O6. The zero-order valence-electron chi connectivity index (χ0n) is 10.8. The molecule has 20 heavy (non-hydrogen) atoms. The number of benzene rings is 1. The van der Waals surface area contributed by atoms with Gasteiger partial charge in [-0.2, -0.15) is 0 Å². The Kier molecular flexibility index (Phi) is 5.60. The van der Waals surface area contributed by atoms with Crippen LogP contribution in [-0.2, 0) is 20.9 Å². The van der Waals surface area contributed by atoms with Gasteiger partial charge in [0.2, 0.25) is 5.91 Å². The van der Waals surface area contributed by atoms with E-state index in [0.29, 0.717) is 5.56 Å². The fourth-order valence-electron chi connectivity index (χ4n) is 1.50. The number of aliphatic carboxylic acids is 1. The number of hydrogen-bond donors (Lipinski definition) is 1. The van der Waals surface area contributed by atoms with Gasteiger partial charge >= 0.3 is 5.97 Å². The summed E-state index contributed by atoms with van der Waals surface area (Å²) < 4.78 is 4.67. The van der Waals surface area contributed by atoms with Gasteiger partial charge in [0.1, 0.15) is 13.2 Å². The number of nitro benzene ring substituents is 1. The van der Waals surface area contributed by atoms with E-state index in [0.717, 1.165) is 0 Å². The van der Waals surface area contributed by atoms with Crippen molar-refractivity contribution in [2.75, 3.05) is 20.3 Å². The first-order chi connectivity index (χ1) is 9.41. The van der Waals surface area contributed by atoms with Crippen molar-refractivity contribution in [1.29, 1.82) is 0 Å². The van der Waals surface area contributed by atoms with Crippen LogP contribution >= 0.6 is 0 Å². The van der Waals surface area contributed by atoms with E-state index in [1.54, 1.807) is 18.2 Å². The summed E-state index contributed by atoms with van der Waals surface area (Å²) in [5.74, 6) is -1.62. The molecule has 108 valence electrons. The summed E-state index contributed by atoms with van der Waals surface area (Å²) in [4.78, 5) is 33.4.